The summed E-state index contributed by atoms with van der Waals surface area (Å²) in [5, 5.41) is 7.16. The number of nitrogens with one attached hydrogen (secondary N) is 2. The maximum atomic E-state index is 14.6. The Morgan fingerprint density at radius 3 is 2.47 bits per heavy atom. The Labute approximate surface area is 191 Å². The molecule has 6 nitrogen and oxygen atoms in total. The Balaban J connectivity index is 1.40. The van der Waals surface area contributed by atoms with Crippen molar-refractivity contribution >= 4 is 11.8 Å². The molecule has 1 atom stereocenters. The van der Waals surface area contributed by atoms with Crippen LogP contribution in [0.2, 0.25) is 0 Å². The second-order valence-electron chi connectivity index (χ2n) is 8.79. The highest BCUT2D eigenvalue weighted by molar-refractivity contribution is 5.94. The Bertz CT molecular complexity index is 797. The summed E-state index contributed by atoms with van der Waals surface area (Å²) in [5.41, 5.74) is 3.74. The number of nitrogens with zero attached hydrogens (tertiary/aromatic N) is 2. The molecule has 3 rings (SSSR count). The van der Waals surface area contributed by atoms with Gasteiger partial charge in [0.15, 0.2) is 0 Å². The van der Waals surface area contributed by atoms with Crippen molar-refractivity contribution in [2.75, 3.05) is 32.8 Å². The Morgan fingerprint density at radius 1 is 1.22 bits per heavy atom. The number of likely N-dealkylation sites (tertiary alicyclic amines) is 1. The van der Waals surface area contributed by atoms with Gasteiger partial charge in [0.25, 0.3) is 5.91 Å². The number of hydrogen-bond acceptors (Lipinski definition) is 5. The zero-order chi connectivity index (χ0) is 23.0. The number of amides is 1. The average molecular weight is 445 g/mol. The van der Waals surface area contributed by atoms with Crippen LogP contribution in [-0.4, -0.2) is 55.2 Å². The van der Waals surface area contributed by atoms with Gasteiger partial charge in [-0.2, -0.15) is 0 Å². The van der Waals surface area contributed by atoms with Gasteiger partial charge < -0.3 is 15.0 Å². The van der Waals surface area contributed by atoms with Crippen LogP contribution in [0.25, 0.3) is 0 Å². The van der Waals surface area contributed by atoms with E-state index in [1.54, 1.807) is 0 Å². The Kier molecular flexibility index (Phi) is 8.67. The van der Waals surface area contributed by atoms with Crippen LogP contribution in [0.15, 0.2) is 41.5 Å². The van der Waals surface area contributed by atoms with E-state index in [0.717, 1.165) is 31.5 Å². The van der Waals surface area contributed by atoms with Gasteiger partial charge >= 0.3 is 0 Å². The average Bonchev–Trinajstić information content (AvgIpc) is 2.84. The van der Waals surface area contributed by atoms with E-state index < -0.39 is 5.67 Å². The van der Waals surface area contributed by atoms with E-state index in [9.17, 15) is 9.18 Å². The van der Waals surface area contributed by atoms with Crippen LogP contribution in [0.3, 0.4) is 0 Å². The third-order valence-corrected chi connectivity index (χ3v) is 6.56. The summed E-state index contributed by atoms with van der Waals surface area (Å²) < 4.78 is 20.6. The zero-order valence-corrected chi connectivity index (χ0v) is 19.6. The molecule has 0 aromatic heterocycles. The van der Waals surface area contributed by atoms with E-state index in [2.05, 4.69) is 20.7 Å². The summed E-state index contributed by atoms with van der Waals surface area (Å²) in [6.45, 7) is 9.40. The van der Waals surface area contributed by atoms with E-state index in [1.165, 1.54) is 0 Å². The van der Waals surface area contributed by atoms with Crippen molar-refractivity contribution in [3.05, 3.63) is 47.5 Å². The van der Waals surface area contributed by atoms with E-state index in [0.29, 0.717) is 49.9 Å². The molecule has 176 valence electrons. The fourth-order valence-corrected chi connectivity index (χ4v) is 4.15. The topological polar surface area (TPSA) is 66.0 Å². The maximum Gasteiger partial charge on any atom is 0.251 e. The number of carbonyl (C=O) groups excluding carboxylic acids is 1. The molecule has 0 radical (unpaired) electrons. The molecule has 1 amide bonds. The second kappa shape index (κ2) is 11.5. The molecule has 1 fully saturated rings. The minimum Gasteiger partial charge on any atom is -0.476 e. The van der Waals surface area contributed by atoms with E-state index >= 15 is 0 Å². The molecule has 2 heterocycles. The van der Waals surface area contributed by atoms with Gasteiger partial charge in [-0.3, -0.25) is 10.2 Å². The largest absolute Gasteiger partial charge is 0.476 e. The Morgan fingerprint density at radius 2 is 1.91 bits per heavy atom. The number of alkyl halides is 1. The number of rotatable bonds is 9. The summed E-state index contributed by atoms with van der Waals surface area (Å²) in [5.74, 6) is 0.993. The number of benzene rings is 1. The SMILES string of the molecule is CCNC(=O)c1ccc(C2C=CC(OCC3CCN(CC(F)(CC)CC)CC3)=NN2)cc1. The summed E-state index contributed by atoms with van der Waals surface area (Å²) in [7, 11) is 0. The minimum atomic E-state index is -1.06. The number of halogens is 1. The molecule has 1 unspecified atom stereocenters. The van der Waals surface area contributed by atoms with Gasteiger partial charge in [0.05, 0.1) is 12.6 Å². The summed E-state index contributed by atoms with van der Waals surface area (Å²) in [6.07, 6.45) is 7.11. The summed E-state index contributed by atoms with van der Waals surface area (Å²) in [4.78, 5) is 14.1. The highest BCUT2D eigenvalue weighted by Crippen LogP contribution is 2.26. The summed E-state index contributed by atoms with van der Waals surface area (Å²) in [6, 6.07) is 7.47. The molecule has 1 aromatic carbocycles. The maximum absolute atomic E-state index is 14.6. The van der Waals surface area contributed by atoms with Crippen molar-refractivity contribution in [3.8, 4) is 0 Å². The fourth-order valence-electron chi connectivity index (χ4n) is 4.15. The molecule has 0 spiro atoms. The molecule has 7 heteroatoms. The molecular formula is C25H37FN4O2. The molecule has 0 saturated carbocycles. The van der Waals surface area contributed by atoms with Crippen molar-refractivity contribution in [2.45, 2.75) is 58.2 Å². The number of hydrogen-bond donors (Lipinski definition) is 2. The number of carbonyl (C=O) groups is 1. The van der Waals surface area contributed by atoms with Gasteiger partial charge in [-0.15, -0.1) is 5.10 Å². The second-order valence-corrected chi connectivity index (χ2v) is 8.79. The van der Waals surface area contributed by atoms with Crippen LogP contribution in [0, 0.1) is 5.92 Å². The first-order valence-electron chi connectivity index (χ1n) is 11.9. The molecule has 2 N–H and O–H groups in total. The van der Waals surface area contributed by atoms with Crippen LogP contribution in [0.5, 0.6) is 0 Å². The normalized spacial score (nSPS) is 19.9. The summed E-state index contributed by atoms with van der Waals surface area (Å²) >= 11 is 0. The van der Waals surface area contributed by atoms with Gasteiger partial charge in [-0.25, -0.2) is 4.39 Å². The zero-order valence-electron chi connectivity index (χ0n) is 19.6. The first kappa shape index (κ1) is 24.2. The van der Waals surface area contributed by atoms with Crippen molar-refractivity contribution in [2.24, 2.45) is 11.0 Å². The van der Waals surface area contributed by atoms with Crippen molar-refractivity contribution < 1.29 is 13.9 Å². The smallest absolute Gasteiger partial charge is 0.251 e. The highest BCUT2D eigenvalue weighted by atomic mass is 19.1. The van der Waals surface area contributed by atoms with E-state index in [4.69, 9.17) is 4.74 Å². The monoisotopic (exact) mass is 444 g/mol. The molecule has 0 aliphatic carbocycles. The van der Waals surface area contributed by atoms with E-state index in [1.807, 2.05) is 57.2 Å². The number of piperidine rings is 1. The first-order valence-corrected chi connectivity index (χ1v) is 11.9. The molecular weight excluding hydrogens is 407 g/mol. The quantitative estimate of drug-likeness (QED) is 0.599. The molecule has 1 saturated heterocycles. The first-order chi connectivity index (χ1) is 15.5. The lowest BCUT2D eigenvalue weighted by molar-refractivity contribution is 0.0559. The lowest BCUT2D eigenvalue weighted by Gasteiger charge is -2.36. The van der Waals surface area contributed by atoms with Crippen LogP contribution >= 0.6 is 0 Å². The molecule has 32 heavy (non-hydrogen) atoms. The van der Waals surface area contributed by atoms with Gasteiger partial charge in [-0.05, 0) is 69.3 Å². The molecule has 0 bridgehead atoms. The highest BCUT2D eigenvalue weighted by Gasteiger charge is 2.30. The number of hydrazone groups is 1. The third-order valence-electron chi connectivity index (χ3n) is 6.56. The minimum absolute atomic E-state index is 0.0491. The predicted molar refractivity (Wildman–Crippen MR) is 126 cm³/mol. The lowest BCUT2D eigenvalue weighted by atomic mass is 9.94. The van der Waals surface area contributed by atoms with E-state index in [-0.39, 0.29) is 11.9 Å². The molecule has 2 aliphatic heterocycles. The third kappa shape index (κ3) is 6.55. The van der Waals surface area contributed by atoms with Crippen molar-refractivity contribution in [3.63, 3.8) is 0 Å². The van der Waals surface area contributed by atoms with Gasteiger partial charge in [-0.1, -0.05) is 32.1 Å². The van der Waals surface area contributed by atoms with Crippen molar-refractivity contribution in [1.29, 1.82) is 0 Å². The van der Waals surface area contributed by atoms with Gasteiger partial charge in [0.1, 0.15) is 5.67 Å². The van der Waals surface area contributed by atoms with Crippen LogP contribution < -0.4 is 10.7 Å². The predicted octanol–water partition coefficient (Wildman–Crippen LogP) is 4.21. The molecule has 1 aromatic rings. The standard InChI is InChI=1S/C25H37FN4O2/c1-4-25(26,5-2)18-30-15-13-19(14-16-30)17-32-23-12-11-22(28-29-23)20-7-9-21(10-8-20)24(31)27-6-3/h7-12,19,22,28H,4-6,13-18H2,1-3H3,(H,27,31). The van der Waals surface area contributed by atoms with Gasteiger partial charge in [0.2, 0.25) is 5.90 Å². The van der Waals surface area contributed by atoms with Crippen LogP contribution in [-0.2, 0) is 4.74 Å². The van der Waals surface area contributed by atoms with Crippen LogP contribution in [0.1, 0.15) is 68.4 Å². The Hall–Kier alpha value is -2.41. The number of ether oxygens (including phenoxy) is 1. The van der Waals surface area contributed by atoms with Gasteiger partial charge in [0, 0.05) is 24.7 Å². The lowest BCUT2D eigenvalue weighted by Crippen LogP contribution is -2.43. The van der Waals surface area contributed by atoms with Crippen molar-refractivity contribution in [1.82, 2.24) is 15.6 Å². The molecule has 2 aliphatic rings. The van der Waals surface area contributed by atoms with Crippen LogP contribution in [0.4, 0.5) is 4.39 Å². The fraction of sp³-hybridized carbons (Fsp3) is 0.600.